The molecule has 2 nitrogen and oxygen atoms in total. The molecule has 0 saturated carbocycles. The summed E-state index contributed by atoms with van der Waals surface area (Å²) < 4.78 is 0. The second kappa shape index (κ2) is 38.7. The maximum atomic E-state index is 8.11. The van der Waals surface area contributed by atoms with E-state index in [9.17, 15) is 0 Å². The van der Waals surface area contributed by atoms with Gasteiger partial charge in [0.05, 0.1) is 12.7 Å². The topological polar surface area (TPSA) is 40.5 Å². The SMILES string of the molecule is CC(O)CO.[F-].[F-].[F-].[Na+].[Na+].[Na+]. The zero-order chi connectivity index (χ0) is 4.28. The quantitative estimate of drug-likeness (QED) is 0.414. The van der Waals surface area contributed by atoms with E-state index < -0.39 is 6.10 Å². The molecule has 0 amide bonds. The van der Waals surface area contributed by atoms with E-state index in [-0.39, 0.29) is 109 Å². The van der Waals surface area contributed by atoms with Gasteiger partial charge in [0.2, 0.25) is 0 Å². The molecule has 11 heavy (non-hydrogen) atoms. The predicted octanol–water partition coefficient (Wildman–Crippen LogP) is -18.6. The number of aliphatic hydroxyl groups is 2. The van der Waals surface area contributed by atoms with Crippen molar-refractivity contribution >= 4 is 0 Å². The van der Waals surface area contributed by atoms with Crippen molar-refractivity contribution in [1.29, 1.82) is 0 Å². The minimum absolute atomic E-state index is 0. The fourth-order valence-corrected chi connectivity index (χ4v) is 0. The Morgan fingerprint density at radius 1 is 1.00 bits per heavy atom. The van der Waals surface area contributed by atoms with E-state index in [4.69, 9.17) is 10.2 Å². The largest absolute Gasteiger partial charge is 1.00 e. The molecule has 2 N–H and O–H groups in total. The van der Waals surface area contributed by atoms with Gasteiger partial charge in [-0.2, -0.15) is 0 Å². The van der Waals surface area contributed by atoms with E-state index in [0.717, 1.165) is 0 Å². The molecule has 0 heterocycles. The van der Waals surface area contributed by atoms with Crippen LogP contribution in [0.4, 0.5) is 0 Å². The first-order valence-corrected chi connectivity index (χ1v) is 1.56. The first kappa shape index (κ1) is 49.2. The van der Waals surface area contributed by atoms with Crippen LogP contribution >= 0.6 is 0 Å². The van der Waals surface area contributed by atoms with Gasteiger partial charge in [0.1, 0.15) is 0 Å². The minimum atomic E-state index is -0.560. The molecule has 0 aromatic carbocycles. The van der Waals surface area contributed by atoms with Gasteiger partial charge in [-0.1, -0.05) is 0 Å². The molecule has 0 spiro atoms. The van der Waals surface area contributed by atoms with Gasteiger partial charge in [-0.3, -0.25) is 0 Å². The van der Waals surface area contributed by atoms with Gasteiger partial charge in [0.15, 0.2) is 0 Å². The molecule has 0 aromatic rings. The summed E-state index contributed by atoms with van der Waals surface area (Å²) in [6.45, 7) is 1.39. The third-order valence-electron chi connectivity index (χ3n) is 0.264. The summed E-state index contributed by atoms with van der Waals surface area (Å²) in [6, 6.07) is 0. The third kappa shape index (κ3) is 65.7. The van der Waals surface area contributed by atoms with Crippen LogP contribution in [0.15, 0.2) is 0 Å². The molecule has 0 rings (SSSR count). The molecule has 0 aliphatic heterocycles. The average Bonchev–Trinajstić information content (AvgIpc) is 1.38. The Bertz CT molecular complexity index is 35.8. The molecule has 0 aliphatic carbocycles. The molecule has 8 heteroatoms. The first-order valence-electron chi connectivity index (χ1n) is 1.56. The Hall–Kier alpha value is 2.71. The molecule has 0 saturated heterocycles. The second-order valence-corrected chi connectivity index (χ2v) is 1.03. The molecule has 0 bridgehead atoms. The Morgan fingerprint density at radius 3 is 1.09 bits per heavy atom. The van der Waals surface area contributed by atoms with Gasteiger partial charge in [-0.25, -0.2) is 0 Å². The maximum absolute atomic E-state index is 8.11. The van der Waals surface area contributed by atoms with Crippen LogP contribution in [0.1, 0.15) is 6.92 Å². The summed E-state index contributed by atoms with van der Waals surface area (Å²) in [5, 5.41) is 16.0. The molecule has 0 fully saturated rings. The molecule has 0 radical (unpaired) electrons. The van der Waals surface area contributed by atoms with E-state index in [1.807, 2.05) is 0 Å². The zero-order valence-electron chi connectivity index (χ0n) is 7.31. The summed E-state index contributed by atoms with van der Waals surface area (Å²) in [6.07, 6.45) is -0.560. The summed E-state index contributed by atoms with van der Waals surface area (Å²) in [5.74, 6) is 0. The smallest absolute Gasteiger partial charge is 1.00 e. The van der Waals surface area contributed by atoms with Gasteiger partial charge >= 0.3 is 88.7 Å². The van der Waals surface area contributed by atoms with Crippen molar-refractivity contribution in [1.82, 2.24) is 0 Å². The molecular formula is C3H8F3Na3O2. The van der Waals surface area contributed by atoms with Crippen LogP contribution in [0.5, 0.6) is 0 Å². The molecular weight excluding hydrogens is 194 g/mol. The summed E-state index contributed by atoms with van der Waals surface area (Å²) >= 11 is 0. The summed E-state index contributed by atoms with van der Waals surface area (Å²) in [5.41, 5.74) is 0. The van der Waals surface area contributed by atoms with Crippen molar-refractivity contribution in [3.8, 4) is 0 Å². The van der Waals surface area contributed by atoms with Crippen LogP contribution in [-0.4, -0.2) is 22.9 Å². The summed E-state index contributed by atoms with van der Waals surface area (Å²) in [7, 11) is 0. The monoisotopic (exact) mass is 202 g/mol. The molecule has 1 unspecified atom stereocenters. The Labute approximate surface area is 130 Å². The number of halogens is 3. The second-order valence-electron chi connectivity index (χ2n) is 1.03. The van der Waals surface area contributed by atoms with E-state index in [1.165, 1.54) is 6.92 Å². The van der Waals surface area contributed by atoms with Crippen molar-refractivity contribution in [3.05, 3.63) is 0 Å². The van der Waals surface area contributed by atoms with Crippen molar-refractivity contribution in [2.75, 3.05) is 6.61 Å². The molecule has 1 atom stereocenters. The van der Waals surface area contributed by atoms with Crippen LogP contribution < -0.4 is 103 Å². The van der Waals surface area contributed by atoms with Gasteiger partial charge in [-0.15, -0.1) is 0 Å². The van der Waals surface area contributed by atoms with Crippen molar-refractivity contribution < 1.29 is 113 Å². The first-order chi connectivity index (χ1) is 2.27. The maximum Gasteiger partial charge on any atom is 1.00 e. The predicted molar refractivity (Wildman–Crippen MR) is 18.8 cm³/mol. The number of hydrogen-bond acceptors (Lipinski definition) is 2. The van der Waals surface area contributed by atoms with Gasteiger partial charge in [-0.05, 0) is 6.92 Å². The van der Waals surface area contributed by atoms with Crippen LogP contribution in [-0.2, 0) is 0 Å². The number of aliphatic hydroxyl groups excluding tert-OH is 2. The van der Waals surface area contributed by atoms with Gasteiger partial charge in [0, 0.05) is 0 Å². The zero-order valence-corrected chi connectivity index (χ0v) is 13.3. The van der Waals surface area contributed by atoms with Crippen molar-refractivity contribution in [3.63, 3.8) is 0 Å². The minimum Gasteiger partial charge on any atom is -1.00 e. The third-order valence-corrected chi connectivity index (χ3v) is 0.264. The Kier molecular flexibility index (Phi) is 173. The summed E-state index contributed by atoms with van der Waals surface area (Å²) in [4.78, 5) is 0. The average molecular weight is 202 g/mol. The fraction of sp³-hybridized carbons (Fsp3) is 1.00. The number of rotatable bonds is 1. The molecule has 56 valence electrons. The van der Waals surface area contributed by atoms with Crippen LogP contribution in [0, 0.1) is 0 Å². The van der Waals surface area contributed by atoms with Crippen LogP contribution in [0.3, 0.4) is 0 Å². The van der Waals surface area contributed by atoms with Gasteiger partial charge < -0.3 is 24.3 Å². The van der Waals surface area contributed by atoms with E-state index in [2.05, 4.69) is 0 Å². The molecule has 0 aliphatic rings. The van der Waals surface area contributed by atoms with E-state index in [0.29, 0.717) is 0 Å². The van der Waals surface area contributed by atoms with Crippen LogP contribution in [0.25, 0.3) is 0 Å². The Morgan fingerprint density at radius 2 is 1.09 bits per heavy atom. The molecule has 0 aromatic heterocycles. The Balaban J connectivity index is -0.00000000533. The standard InChI is InChI=1S/C3H8O2.3FH.3Na/c1-3(5)2-4;;;;;;/h3-5H,2H2,1H3;3*1H;;;/q;;;;3*+1/p-3. The normalized spacial score (nSPS) is 6.82. The van der Waals surface area contributed by atoms with Gasteiger partial charge in [0.25, 0.3) is 0 Å². The van der Waals surface area contributed by atoms with E-state index >= 15 is 0 Å². The number of hydrogen-bond donors (Lipinski definition) is 2. The van der Waals surface area contributed by atoms with Crippen molar-refractivity contribution in [2.24, 2.45) is 0 Å². The van der Waals surface area contributed by atoms with Crippen LogP contribution in [0.2, 0.25) is 0 Å². The van der Waals surface area contributed by atoms with E-state index in [1.54, 1.807) is 0 Å². The fourth-order valence-electron chi connectivity index (χ4n) is 0. The van der Waals surface area contributed by atoms with Crippen molar-refractivity contribution in [2.45, 2.75) is 13.0 Å².